The SMILES string of the molecule is CC(Cc1ccccc1F)NCC1CCN(C2CC2)C1. The summed E-state index contributed by atoms with van der Waals surface area (Å²) >= 11 is 0. The van der Waals surface area contributed by atoms with Crippen LogP contribution in [0, 0.1) is 11.7 Å². The molecule has 0 spiro atoms. The van der Waals surface area contributed by atoms with Crippen LogP contribution in [0.4, 0.5) is 4.39 Å². The maximum Gasteiger partial charge on any atom is 0.126 e. The van der Waals surface area contributed by atoms with Gasteiger partial charge in [0.05, 0.1) is 0 Å². The van der Waals surface area contributed by atoms with Gasteiger partial charge in [0.2, 0.25) is 0 Å². The standard InChI is InChI=1S/C17H25FN2/c1-13(10-15-4-2-3-5-17(15)18)19-11-14-8-9-20(12-14)16-6-7-16/h2-5,13-14,16,19H,6-12H2,1H3. The summed E-state index contributed by atoms with van der Waals surface area (Å²) in [5, 5.41) is 3.59. The third-order valence-electron chi connectivity index (χ3n) is 4.62. The molecule has 1 saturated carbocycles. The molecular weight excluding hydrogens is 251 g/mol. The van der Waals surface area contributed by atoms with Gasteiger partial charge in [-0.25, -0.2) is 4.39 Å². The minimum absolute atomic E-state index is 0.0816. The lowest BCUT2D eigenvalue weighted by Gasteiger charge is -2.18. The fourth-order valence-corrected chi connectivity index (χ4v) is 3.23. The van der Waals surface area contributed by atoms with E-state index in [9.17, 15) is 4.39 Å². The number of hydrogen-bond donors (Lipinski definition) is 1. The first-order valence-corrected chi connectivity index (χ1v) is 7.93. The molecular formula is C17H25FN2. The second-order valence-corrected chi connectivity index (χ2v) is 6.49. The van der Waals surface area contributed by atoms with Crippen molar-refractivity contribution in [2.24, 2.45) is 5.92 Å². The summed E-state index contributed by atoms with van der Waals surface area (Å²) in [7, 11) is 0. The highest BCUT2D eigenvalue weighted by molar-refractivity contribution is 5.18. The molecule has 0 radical (unpaired) electrons. The molecule has 3 heteroatoms. The van der Waals surface area contributed by atoms with E-state index >= 15 is 0 Å². The molecule has 0 aromatic heterocycles. The lowest BCUT2D eigenvalue weighted by molar-refractivity contribution is 0.309. The van der Waals surface area contributed by atoms with Crippen molar-refractivity contribution in [2.75, 3.05) is 19.6 Å². The molecule has 1 saturated heterocycles. The van der Waals surface area contributed by atoms with Gasteiger partial charge in [-0.15, -0.1) is 0 Å². The number of nitrogens with one attached hydrogen (secondary N) is 1. The number of benzene rings is 1. The van der Waals surface area contributed by atoms with Crippen molar-refractivity contribution >= 4 is 0 Å². The number of hydrogen-bond acceptors (Lipinski definition) is 2. The van der Waals surface area contributed by atoms with E-state index in [0.717, 1.165) is 30.5 Å². The molecule has 2 aliphatic rings. The van der Waals surface area contributed by atoms with Crippen molar-refractivity contribution in [3.05, 3.63) is 35.6 Å². The van der Waals surface area contributed by atoms with Crippen molar-refractivity contribution in [3.63, 3.8) is 0 Å². The zero-order chi connectivity index (χ0) is 13.9. The first-order valence-electron chi connectivity index (χ1n) is 7.93. The largest absolute Gasteiger partial charge is 0.314 e. The normalized spacial score (nSPS) is 25.0. The smallest absolute Gasteiger partial charge is 0.126 e. The highest BCUT2D eigenvalue weighted by Gasteiger charge is 2.34. The first kappa shape index (κ1) is 14.0. The average molecular weight is 276 g/mol. The quantitative estimate of drug-likeness (QED) is 0.859. The second-order valence-electron chi connectivity index (χ2n) is 6.49. The molecule has 2 nitrogen and oxygen atoms in total. The Balaban J connectivity index is 1.41. The van der Waals surface area contributed by atoms with Crippen molar-refractivity contribution in [2.45, 2.75) is 44.7 Å². The molecule has 2 fully saturated rings. The molecule has 1 N–H and O–H groups in total. The van der Waals surface area contributed by atoms with Gasteiger partial charge in [-0.2, -0.15) is 0 Å². The van der Waals surface area contributed by atoms with Gasteiger partial charge in [0, 0.05) is 18.6 Å². The van der Waals surface area contributed by atoms with Crippen LogP contribution in [0.15, 0.2) is 24.3 Å². The molecule has 1 aliphatic carbocycles. The van der Waals surface area contributed by atoms with E-state index in [0.29, 0.717) is 6.04 Å². The van der Waals surface area contributed by atoms with Gasteiger partial charge in [-0.3, -0.25) is 0 Å². The van der Waals surface area contributed by atoms with E-state index in [-0.39, 0.29) is 5.82 Å². The summed E-state index contributed by atoms with van der Waals surface area (Å²) in [6, 6.07) is 8.33. The number of rotatable bonds is 6. The summed E-state index contributed by atoms with van der Waals surface area (Å²) < 4.78 is 13.6. The summed E-state index contributed by atoms with van der Waals surface area (Å²) in [6.07, 6.45) is 4.90. The van der Waals surface area contributed by atoms with Gasteiger partial charge in [-0.05, 0) is 63.2 Å². The monoisotopic (exact) mass is 276 g/mol. The van der Waals surface area contributed by atoms with Crippen LogP contribution in [-0.2, 0) is 6.42 Å². The Hall–Kier alpha value is -0.930. The topological polar surface area (TPSA) is 15.3 Å². The summed E-state index contributed by atoms with van der Waals surface area (Å²) in [6.45, 7) is 5.75. The van der Waals surface area contributed by atoms with Gasteiger partial charge in [-0.1, -0.05) is 18.2 Å². The lowest BCUT2D eigenvalue weighted by atomic mass is 10.0. The van der Waals surface area contributed by atoms with Crippen molar-refractivity contribution in [3.8, 4) is 0 Å². The molecule has 3 rings (SSSR count). The van der Waals surface area contributed by atoms with E-state index in [1.807, 2.05) is 12.1 Å². The van der Waals surface area contributed by atoms with Gasteiger partial charge < -0.3 is 10.2 Å². The van der Waals surface area contributed by atoms with Crippen LogP contribution in [-0.4, -0.2) is 36.6 Å². The molecule has 0 bridgehead atoms. The van der Waals surface area contributed by atoms with Crippen LogP contribution >= 0.6 is 0 Å². The molecule has 1 aliphatic heterocycles. The highest BCUT2D eigenvalue weighted by Crippen LogP contribution is 2.31. The molecule has 1 heterocycles. The third-order valence-corrected chi connectivity index (χ3v) is 4.62. The van der Waals surface area contributed by atoms with Gasteiger partial charge in [0.25, 0.3) is 0 Å². The number of nitrogens with zero attached hydrogens (tertiary/aromatic N) is 1. The van der Waals surface area contributed by atoms with E-state index < -0.39 is 0 Å². The Kier molecular flexibility index (Phi) is 4.37. The van der Waals surface area contributed by atoms with Crippen molar-refractivity contribution in [1.82, 2.24) is 10.2 Å². The van der Waals surface area contributed by atoms with Crippen LogP contribution in [0.25, 0.3) is 0 Å². The Bertz CT molecular complexity index is 444. The molecule has 0 amide bonds. The van der Waals surface area contributed by atoms with E-state index in [1.54, 1.807) is 12.1 Å². The first-order chi connectivity index (χ1) is 9.72. The average Bonchev–Trinajstić information content (AvgIpc) is 3.18. The minimum Gasteiger partial charge on any atom is -0.314 e. The lowest BCUT2D eigenvalue weighted by Crippen LogP contribution is -2.34. The van der Waals surface area contributed by atoms with Crippen LogP contribution in [0.1, 0.15) is 31.7 Å². The number of likely N-dealkylation sites (tertiary alicyclic amines) is 1. The summed E-state index contributed by atoms with van der Waals surface area (Å²) in [5.41, 5.74) is 0.818. The van der Waals surface area contributed by atoms with Gasteiger partial charge in [0.15, 0.2) is 0 Å². The third kappa shape index (κ3) is 3.58. The molecule has 2 atom stereocenters. The molecule has 1 aromatic carbocycles. The van der Waals surface area contributed by atoms with Gasteiger partial charge in [0.1, 0.15) is 5.82 Å². The Labute approximate surface area is 121 Å². The Morgan fingerprint density at radius 3 is 2.85 bits per heavy atom. The van der Waals surface area contributed by atoms with Gasteiger partial charge >= 0.3 is 0 Å². The van der Waals surface area contributed by atoms with E-state index in [2.05, 4.69) is 17.1 Å². The number of halogens is 1. The van der Waals surface area contributed by atoms with Crippen molar-refractivity contribution in [1.29, 1.82) is 0 Å². The fourth-order valence-electron chi connectivity index (χ4n) is 3.23. The Morgan fingerprint density at radius 1 is 1.30 bits per heavy atom. The van der Waals surface area contributed by atoms with E-state index in [4.69, 9.17) is 0 Å². The highest BCUT2D eigenvalue weighted by atomic mass is 19.1. The Morgan fingerprint density at radius 2 is 2.10 bits per heavy atom. The summed E-state index contributed by atoms with van der Waals surface area (Å²) in [4.78, 5) is 2.65. The minimum atomic E-state index is -0.0816. The van der Waals surface area contributed by atoms with Crippen molar-refractivity contribution < 1.29 is 4.39 Å². The predicted octanol–water partition coefficient (Wildman–Crippen LogP) is 2.83. The second kappa shape index (κ2) is 6.23. The molecule has 110 valence electrons. The molecule has 20 heavy (non-hydrogen) atoms. The maximum absolute atomic E-state index is 13.6. The van der Waals surface area contributed by atoms with E-state index in [1.165, 1.54) is 32.4 Å². The predicted molar refractivity (Wildman–Crippen MR) is 80.3 cm³/mol. The zero-order valence-corrected chi connectivity index (χ0v) is 12.3. The molecule has 1 aromatic rings. The van der Waals surface area contributed by atoms with Crippen LogP contribution in [0.5, 0.6) is 0 Å². The molecule has 2 unspecified atom stereocenters. The van der Waals surface area contributed by atoms with Crippen LogP contribution in [0.2, 0.25) is 0 Å². The van der Waals surface area contributed by atoms with Crippen LogP contribution in [0.3, 0.4) is 0 Å². The maximum atomic E-state index is 13.6. The van der Waals surface area contributed by atoms with Crippen LogP contribution < -0.4 is 5.32 Å². The fraction of sp³-hybridized carbons (Fsp3) is 0.647. The summed E-state index contributed by atoms with van der Waals surface area (Å²) in [5.74, 6) is 0.695. The zero-order valence-electron chi connectivity index (χ0n) is 12.3.